The minimum absolute atomic E-state index is 0.0350. The van der Waals surface area contributed by atoms with Crippen LogP contribution in [0.2, 0.25) is 0 Å². The van der Waals surface area contributed by atoms with E-state index in [4.69, 9.17) is 42.6 Å². The Morgan fingerprint density at radius 3 is 1.77 bits per heavy atom. The monoisotopic (exact) mass is 871 g/mol. The molecular formula is C49H45NO14. The van der Waals surface area contributed by atoms with Gasteiger partial charge in [0.25, 0.3) is 11.8 Å². The maximum atomic E-state index is 14.3. The summed E-state index contributed by atoms with van der Waals surface area (Å²) in [4.78, 5) is 57.2. The number of carbonyl (C=O) groups excluding carboxylic acids is 3. The summed E-state index contributed by atoms with van der Waals surface area (Å²) >= 11 is 0. The largest absolute Gasteiger partial charge is 0.479 e. The summed E-state index contributed by atoms with van der Waals surface area (Å²) in [6, 6.07) is 40.6. The van der Waals surface area contributed by atoms with Crippen molar-refractivity contribution in [2.75, 3.05) is 13.7 Å². The van der Waals surface area contributed by atoms with Gasteiger partial charge in [0.15, 0.2) is 31.1 Å². The van der Waals surface area contributed by atoms with Crippen LogP contribution in [-0.2, 0) is 60.6 Å². The second-order valence-corrected chi connectivity index (χ2v) is 15.6. The Hall–Kier alpha value is -6.14. The Bertz CT molecular complexity index is 2370. The quantitative estimate of drug-likeness (QED) is 0.106. The SMILES string of the molecule is CO[C@@H]1O[C@@H]2CO[C@@H](c3ccccc3)O[C@H]2[C@H](O[C@@H]2O[C@H](C(=O)O)[C@@H](OCc3ccccc3)[C@H](OCc3ccccc3)[C@H]2OC(=O)c2ccccc2)[C@H]1N1C(=O)c2ccccc2C1=O. The molecular weight excluding hydrogens is 827 g/mol. The standard InChI is InChI=1S/C49H45NO14/c1-56-48-36(50-43(51)33-24-14-15-25-34(33)44(50)52)38(37-35(60-48)28-59-47(62-37)32-22-12-5-13-23-32)63-49-42(61-46(55)31-20-10-4-11-21-31)40(58-27-30-18-8-3-9-19-30)39(41(64-49)45(53)54)57-26-29-16-6-2-7-17-29/h2-25,35-42,47-49H,26-28H2,1H3,(H,53,54)/t35-,36-,37-,38-,39+,40+,41+,42-,47-,48-,49-/m1/s1. The van der Waals surface area contributed by atoms with E-state index in [1.165, 1.54) is 7.11 Å². The summed E-state index contributed by atoms with van der Waals surface area (Å²) in [7, 11) is 1.36. The molecule has 4 aliphatic rings. The third-order valence-electron chi connectivity index (χ3n) is 11.6. The van der Waals surface area contributed by atoms with E-state index in [0.29, 0.717) is 5.56 Å². The second-order valence-electron chi connectivity index (χ2n) is 15.6. The summed E-state index contributed by atoms with van der Waals surface area (Å²) in [6.07, 6.45) is -13.5. The van der Waals surface area contributed by atoms with Gasteiger partial charge in [-0.3, -0.25) is 14.5 Å². The van der Waals surface area contributed by atoms with Crippen molar-refractivity contribution in [3.05, 3.63) is 179 Å². The Kier molecular flexibility index (Phi) is 13.0. The van der Waals surface area contributed by atoms with Gasteiger partial charge in [-0.2, -0.15) is 0 Å². The molecule has 1 N–H and O–H groups in total. The summed E-state index contributed by atoms with van der Waals surface area (Å²) < 4.78 is 57.8. The van der Waals surface area contributed by atoms with Crippen molar-refractivity contribution in [1.82, 2.24) is 4.90 Å². The molecule has 0 spiro atoms. The highest BCUT2D eigenvalue weighted by molar-refractivity contribution is 6.21. The summed E-state index contributed by atoms with van der Waals surface area (Å²) in [5.41, 5.74) is 2.61. The van der Waals surface area contributed by atoms with Crippen LogP contribution in [-0.4, -0.2) is 109 Å². The highest BCUT2D eigenvalue weighted by atomic mass is 16.8. The second kappa shape index (κ2) is 19.3. The molecule has 11 atom stereocenters. The van der Waals surface area contributed by atoms with Crippen molar-refractivity contribution < 1.29 is 66.9 Å². The fraction of sp³-hybridized carbons (Fsp3) is 0.306. The number of fused-ring (bicyclic) bond motifs is 2. The van der Waals surface area contributed by atoms with Gasteiger partial charge in [-0.05, 0) is 35.4 Å². The molecule has 15 heteroatoms. The number of ether oxygens (including phenoxy) is 9. The first-order valence-electron chi connectivity index (χ1n) is 20.9. The number of benzene rings is 5. The molecule has 3 saturated heterocycles. The van der Waals surface area contributed by atoms with E-state index in [2.05, 4.69) is 0 Å². The molecule has 0 bridgehead atoms. The Balaban J connectivity index is 1.15. The first-order chi connectivity index (χ1) is 31.3. The molecule has 3 fully saturated rings. The van der Waals surface area contributed by atoms with Crippen LogP contribution in [0, 0.1) is 0 Å². The third kappa shape index (κ3) is 8.85. The van der Waals surface area contributed by atoms with Crippen molar-refractivity contribution >= 4 is 23.8 Å². The third-order valence-corrected chi connectivity index (χ3v) is 11.6. The number of carbonyl (C=O) groups is 4. The summed E-state index contributed by atoms with van der Waals surface area (Å²) in [5.74, 6) is -3.51. The Morgan fingerprint density at radius 2 is 1.19 bits per heavy atom. The topological polar surface area (TPSA) is 175 Å². The van der Waals surface area contributed by atoms with Crippen LogP contribution in [0.3, 0.4) is 0 Å². The van der Waals surface area contributed by atoms with Crippen molar-refractivity contribution in [3.8, 4) is 0 Å². The highest BCUT2D eigenvalue weighted by Crippen LogP contribution is 2.42. The lowest BCUT2D eigenvalue weighted by Gasteiger charge is -2.52. The maximum absolute atomic E-state index is 14.3. The number of imide groups is 1. The molecule has 0 aliphatic carbocycles. The molecule has 0 radical (unpaired) electrons. The molecule has 330 valence electrons. The smallest absolute Gasteiger partial charge is 0.338 e. The van der Waals surface area contributed by atoms with Crippen LogP contribution in [0.15, 0.2) is 146 Å². The molecule has 5 aromatic rings. The van der Waals surface area contributed by atoms with Gasteiger partial charge in [0.2, 0.25) is 0 Å². The molecule has 2 amide bonds. The van der Waals surface area contributed by atoms with E-state index in [1.54, 1.807) is 54.6 Å². The van der Waals surface area contributed by atoms with E-state index in [0.717, 1.165) is 16.0 Å². The number of carboxylic acid groups (broad SMARTS) is 1. The number of carboxylic acids is 1. The van der Waals surface area contributed by atoms with E-state index < -0.39 is 91.4 Å². The predicted molar refractivity (Wildman–Crippen MR) is 223 cm³/mol. The number of aliphatic carboxylic acids is 1. The number of nitrogens with zero attached hydrogens (tertiary/aromatic N) is 1. The molecule has 9 rings (SSSR count). The van der Waals surface area contributed by atoms with Crippen molar-refractivity contribution in [2.24, 2.45) is 0 Å². The van der Waals surface area contributed by atoms with E-state index in [1.807, 2.05) is 91.0 Å². The highest BCUT2D eigenvalue weighted by Gasteiger charge is 2.60. The number of esters is 1. The van der Waals surface area contributed by atoms with Crippen molar-refractivity contribution in [1.29, 1.82) is 0 Å². The fourth-order valence-electron chi connectivity index (χ4n) is 8.51. The molecule has 15 nitrogen and oxygen atoms in total. The number of methoxy groups -OCH3 is 1. The van der Waals surface area contributed by atoms with Crippen molar-refractivity contribution in [3.63, 3.8) is 0 Å². The molecule has 0 aromatic heterocycles. The molecule has 0 saturated carbocycles. The molecule has 4 heterocycles. The van der Waals surface area contributed by atoms with E-state index in [9.17, 15) is 24.3 Å². The summed E-state index contributed by atoms with van der Waals surface area (Å²) in [5, 5.41) is 10.9. The number of amides is 2. The lowest BCUT2D eigenvalue weighted by Crippen LogP contribution is -2.70. The average molecular weight is 872 g/mol. The van der Waals surface area contributed by atoms with Crippen LogP contribution in [0.1, 0.15) is 54.1 Å². The van der Waals surface area contributed by atoms with Gasteiger partial charge in [-0.25, -0.2) is 9.59 Å². The lowest BCUT2D eigenvalue weighted by molar-refractivity contribution is -0.380. The van der Waals surface area contributed by atoms with Crippen molar-refractivity contribution in [2.45, 2.75) is 80.9 Å². The number of rotatable bonds is 14. The van der Waals surface area contributed by atoms with Gasteiger partial charge >= 0.3 is 11.9 Å². The van der Waals surface area contributed by atoms with E-state index in [-0.39, 0.29) is 36.5 Å². The summed E-state index contributed by atoms with van der Waals surface area (Å²) in [6.45, 7) is -0.142. The molecule has 0 unspecified atom stereocenters. The lowest BCUT2D eigenvalue weighted by atomic mass is 9.93. The zero-order chi connectivity index (χ0) is 44.2. The van der Waals surface area contributed by atoms with Gasteiger partial charge in [0.05, 0.1) is 36.5 Å². The first-order valence-corrected chi connectivity index (χ1v) is 20.9. The van der Waals surface area contributed by atoms with Crippen LogP contribution in [0.5, 0.6) is 0 Å². The predicted octanol–water partition coefficient (Wildman–Crippen LogP) is 5.73. The van der Waals surface area contributed by atoms with Crippen LogP contribution >= 0.6 is 0 Å². The van der Waals surface area contributed by atoms with Crippen LogP contribution in [0.4, 0.5) is 0 Å². The fourth-order valence-corrected chi connectivity index (χ4v) is 8.51. The maximum Gasteiger partial charge on any atom is 0.338 e. The first kappa shape index (κ1) is 43.1. The van der Waals surface area contributed by atoms with Gasteiger partial charge in [-0.15, -0.1) is 0 Å². The zero-order valence-corrected chi connectivity index (χ0v) is 34.5. The normalized spacial score (nSPS) is 28.8. The minimum atomic E-state index is -1.76. The van der Waals surface area contributed by atoms with Gasteiger partial charge in [0.1, 0.15) is 36.6 Å². The van der Waals surface area contributed by atoms with Crippen LogP contribution < -0.4 is 0 Å². The number of hydrogen-bond acceptors (Lipinski definition) is 13. The molecule has 5 aromatic carbocycles. The average Bonchev–Trinajstić information content (AvgIpc) is 3.59. The van der Waals surface area contributed by atoms with Gasteiger partial charge in [0, 0.05) is 12.7 Å². The van der Waals surface area contributed by atoms with Gasteiger partial charge < -0.3 is 47.7 Å². The number of hydrogen-bond donors (Lipinski definition) is 1. The molecule has 64 heavy (non-hydrogen) atoms. The molecule has 4 aliphatic heterocycles. The minimum Gasteiger partial charge on any atom is -0.479 e. The van der Waals surface area contributed by atoms with Gasteiger partial charge in [-0.1, -0.05) is 121 Å². The van der Waals surface area contributed by atoms with E-state index >= 15 is 0 Å². The zero-order valence-electron chi connectivity index (χ0n) is 34.5. The van der Waals surface area contributed by atoms with Crippen LogP contribution in [0.25, 0.3) is 0 Å². The Morgan fingerprint density at radius 1 is 0.641 bits per heavy atom. The Labute approximate surface area is 368 Å².